The van der Waals surface area contributed by atoms with Gasteiger partial charge in [-0.05, 0) is 74.3 Å². The van der Waals surface area contributed by atoms with Crippen molar-refractivity contribution in [2.24, 2.45) is 5.92 Å². The summed E-state index contributed by atoms with van der Waals surface area (Å²) in [6.07, 6.45) is 10.1. The van der Waals surface area contributed by atoms with E-state index in [1.165, 1.54) is 25.0 Å². The molecule has 7 nitrogen and oxygen atoms in total. The number of aromatic nitrogens is 4. The molecule has 1 unspecified atom stereocenters. The number of anilines is 2. The average molecular weight is 524 g/mol. The van der Waals surface area contributed by atoms with Gasteiger partial charge in [0.05, 0.1) is 39.5 Å². The summed E-state index contributed by atoms with van der Waals surface area (Å²) in [6, 6.07) is 12.3. The molecule has 3 aliphatic carbocycles. The molecule has 0 amide bonds. The number of hydrogen-bond acceptors (Lipinski definition) is 6. The van der Waals surface area contributed by atoms with Gasteiger partial charge in [0.25, 0.3) is 0 Å². The maximum atomic E-state index is 13.8. The second-order valence-electron chi connectivity index (χ2n) is 10.8. The Kier molecular flexibility index (Phi) is 5.21. The van der Waals surface area contributed by atoms with Crippen molar-refractivity contribution in [3.63, 3.8) is 0 Å². The summed E-state index contributed by atoms with van der Waals surface area (Å²) in [5.41, 5.74) is 2.28. The Morgan fingerprint density at radius 1 is 1.16 bits per heavy atom. The molecule has 2 radical (unpaired) electrons. The zero-order valence-electron chi connectivity index (χ0n) is 20.6. The van der Waals surface area contributed by atoms with Gasteiger partial charge in [-0.1, -0.05) is 28.9 Å². The Balaban J connectivity index is 1.34. The molecule has 0 bridgehead atoms. The molecule has 0 saturated heterocycles. The molecule has 0 aliphatic heterocycles. The van der Waals surface area contributed by atoms with Gasteiger partial charge >= 0.3 is 0 Å². The highest BCUT2D eigenvalue weighted by Crippen LogP contribution is 2.56. The summed E-state index contributed by atoms with van der Waals surface area (Å²) in [5, 5.41) is 26.9. The van der Waals surface area contributed by atoms with Crippen molar-refractivity contribution in [1.82, 2.24) is 20.0 Å². The van der Waals surface area contributed by atoms with E-state index in [9.17, 15) is 9.65 Å². The van der Waals surface area contributed by atoms with Gasteiger partial charge in [-0.25, -0.2) is 9.07 Å². The molecule has 10 heteroatoms. The Bertz CT molecular complexity index is 1600. The lowest BCUT2D eigenvalue weighted by Gasteiger charge is -2.32. The van der Waals surface area contributed by atoms with Crippen LogP contribution in [0.1, 0.15) is 61.4 Å². The van der Waals surface area contributed by atoms with E-state index in [-0.39, 0.29) is 11.4 Å². The molecule has 3 fully saturated rings. The van der Waals surface area contributed by atoms with E-state index in [1.54, 1.807) is 24.4 Å². The number of nitrogens with zero attached hydrogens (tertiary/aromatic N) is 5. The minimum atomic E-state index is -1.32. The normalized spacial score (nSPS) is 19.5. The van der Waals surface area contributed by atoms with E-state index >= 15 is 0 Å². The molecule has 4 aromatic rings. The van der Waals surface area contributed by atoms with Crippen molar-refractivity contribution in [3.05, 3.63) is 76.5 Å². The van der Waals surface area contributed by atoms with Crippen LogP contribution in [0.2, 0.25) is 5.02 Å². The van der Waals surface area contributed by atoms with Crippen LogP contribution in [0.25, 0.3) is 10.9 Å². The van der Waals surface area contributed by atoms with Gasteiger partial charge in [0.1, 0.15) is 25.4 Å². The molecular weight excluding hydrogens is 500 g/mol. The first kappa shape index (κ1) is 23.5. The minimum absolute atomic E-state index is 0.0445. The third-order valence-corrected chi connectivity index (χ3v) is 8.33. The fourth-order valence-electron chi connectivity index (χ4n) is 5.41. The van der Waals surface area contributed by atoms with Crippen LogP contribution >= 0.6 is 11.6 Å². The number of rotatable bonds is 8. The third-order valence-electron chi connectivity index (χ3n) is 8.04. The van der Waals surface area contributed by atoms with Crippen molar-refractivity contribution in [1.29, 1.82) is 5.26 Å². The highest BCUT2D eigenvalue weighted by atomic mass is 35.5. The third kappa shape index (κ3) is 3.99. The summed E-state index contributed by atoms with van der Waals surface area (Å²) in [6.45, 7) is 0. The molecule has 1 atom stereocenters. The van der Waals surface area contributed by atoms with Crippen LogP contribution in [-0.2, 0) is 5.44 Å². The molecule has 188 valence electrons. The van der Waals surface area contributed by atoms with E-state index in [0.29, 0.717) is 45.0 Å². The largest absolute Gasteiger partial charge is 0.378 e. The van der Waals surface area contributed by atoms with E-state index in [2.05, 4.69) is 32.0 Å². The molecule has 2 N–H and O–H groups in total. The first-order chi connectivity index (χ1) is 18.4. The number of halogens is 2. The van der Waals surface area contributed by atoms with Crippen molar-refractivity contribution in [3.8, 4) is 6.07 Å². The standard InChI is InChI=1S/C28H24BClFN7/c29-28(18-3-5-19(31)6-4-18,24-15-38(37-36-24)21-7-8-21)34-20-11-22-25(35-27(9-10-27)17-1-2-17)16(13-32)14-33-26(22)23(30)12-20/h3-6,11-12,14-15,17,21,34H,1-2,7-10H2,(H,33,35). The molecule has 3 aliphatic rings. The van der Waals surface area contributed by atoms with Gasteiger partial charge in [0.15, 0.2) is 0 Å². The van der Waals surface area contributed by atoms with Gasteiger partial charge in [0, 0.05) is 22.8 Å². The topological polar surface area (TPSA) is 91.5 Å². The number of hydrogen-bond donors (Lipinski definition) is 2. The van der Waals surface area contributed by atoms with Crippen LogP contribution in [-0.4, -0.2) is 33.4 Å². The SMILES string of the molecule is [B]C(Nc1cc(Cl)c2ncc(C#N)c(NC3(C4CC4)CC3)c2c1)(c1ccc(F)cc1)c1cn(C2CC2)nn1. The summed E-state index contributed by atoms with van der Waals surface area (Å²) in [7, 11) is 7.03. The number of fused-ring (bicyclic) bond motifs is 1. The highest BCUT2D eigenvalue weighted by molar-refractivity contribution is 6.36. The van der Waals surface area contributed by atoms with Crippen molar-refractivity contribution >= 4 is 41.7 Å². The van der Waals surface area contributed by atoms with E-state index < -0.39 is 5.44 Å². The molecule has 0 spiro atoms. The smallest absolute Gasteiger partial charge is 0.123 e. The van der Waals surface area contributed by atoms with E-state index in [1.807, 2.05) is 16.9 Å². The lowest BCUT2D eigenvalue weighted by molar-refractivity contribution is 0.610. The Morgan fingerprint density at radius 3 is 2.58 bits per heavy atom. The van der Waals surface area contributed by atoms with E-state index in [0.717, 1.165) is 36.8 Å². The molecular formula is C28H24BClFN7. The fraction of sp³-hybridized carbons (Fsp3) is 0.357. The lowest BCUT2D eigenvalue weighted by Crippen LogP contribution is -2.37. The number of pyridine rings is 1. The van der Waals surface area contributed by atoms with Crippen molar-refractivity contribution in [2.75, 3.05) is 10.6 Å². The minimum Gasteiger partial charge on any atom is -0.378 e. The van der Waals surface area contributed by atoms with Crippen LogP contribution in [0.15, 0.2) is 48.8 Å². The second kappa shape index (κ2) is 8.44. The summed E-state index contributed by atoms with van der Waals surface area (Å²) < 4.78 is 15.6. The molecule has 3 saturated carbocycles. The monoisotopic (exact) mass is 523 g/mol. The zero-order valence-corrected chi connectivity index (χ0v) is 21.3. The molecule has 7 rings (SSSR count). The number of benzene rings is 2. The van der Waals surface area contributed by atoms with Crippen LogP contribution in [0.3, 0.4) is 0 Å². The average Bonchev–Trinajstić information content (AvgIpc) is 3.77. The predicted octanol–water partition coefficient (Wildman–Crippen LogP) is 5.66. The highest BCUT2D eigenvalue weighted by Gasteiger charge is 2.54. The maximum Gasteiger partial charge on any atom is 0.123 e. The Hall–Kier alpha value is -3.64. The van der Waals surface area contributed by atoms with Gasteiger partial charge in [-0.15, -0.1) is 5.10 Å². The van der Waals surface area contributed by atoms with Gasteiger partial charge in [0.2, 0.25) is 0 Å². The van der Waals surface area contributed by atoms with Crippen LogP contribution in [0.5, 0.6) is 0 Å². The van der Waals surface area contributed by atoms with Gasteiger partial charge < -0.3 is 10.6 Å². The molecule has 2 aromatic heterocycles. The summed E-state index contributed by atoms with van der Waals surface area (Å²) >= 11 is 6.75. The first-order valence-electron chi connectivity index (χ1n) is 12.9. The van der Waals surface area contributed by atoms with E-state index in [4.69, 9.17) is 19.4 Å². The van der Waals surface area contributed by atoms with Crippen LogP contribution in [0, 0.1) is 23.1 Å². The first-order valence-corrected chi connectivity index (χ1v) is 13.3. The van der Waals surface area contributed by atoms with Crippen LogP contribution < -0.4 is 10.6 Å². The van der Waals surface area contributed by atoms with Gasteiger partial charge in [-0.3, -0.25) is 4.98 Å². The fourth-order valence-corrected chi connectivity index (χ4v) is 5.67. The molecule has 38 heavy (non-hydrogen) atoms. The van der Waals surface area contributed by atoms with Crippen molar-refractivity contribution < 1.29 is 4.39 Å². The Labute approximate surface area is 225 Å². The van der Waals surface area contributed by atoms with Crippen molar-refractivity contribution in [2.45, 2.75) is 55.5 Å². The predicted molar refractivity (Wildman–Crippen MR) is 145 cm³/mol. The lowest BCUT2D eigenvalue weighted by atomic mass is 9.69. The second-order valence-corrected chi connectivity index (χ2v) is 11.2. The summed E-state index contributed by atoms with van der Waals surface area (Å²) in [4.78, 5) is 4.50. The van der Waals surface area contributed by atoms with Gasteiger partial charge in [-0.2, -0.15) is 5.26 Å². The van der Waals surface area contributed by atoms with Crippen LogP contribution in [0.4, 0.5) is 15.8 Å². The number of nitrogens with one attached hydrogen (secondary N) is 2. The Morgan fingerprint density at radius 2 is 1.92 bits per heavy atom. The quantitative estimate of drug-likeness (QED) is 0.290. The zero-order chi connectivity index (χ0) is 26.1. The summed E-state index contributed by atoms with van der Waals surface area (Å²) in [5.74, 6) is 0.278. The molecule has 2 heterocycles. The maximum absolute atomic E-state index is 13.8. The molecule has 2 aromatic carbocycles. The number of nitriles is 1.